The van der Waals surface area contributed by atoms with Crippen molar-refractivity contribution in [3.05, 3.63) is 65.5 Å². The summed E-state index contributed by atoms with van der Waals surface area (Å²) in [6.07, 6.45) is 4.47. The van der Waals surface area contributed by atoms with E-state index in [9.17, 15) is 0 Å². The molecule has 0 fully saturated rings. The molecule has 0 aliphatic rings. The van der Waals surface area contributed by atoms with Gasteiger partial charge in [0.25, 0.3) is 0 Å². The second-order valence-electron chi connectivity index (χ2n) is 5.80. The van der Waals surface area contributed by atoms with Gasteiger partial charge in [0.2, 0.25) is 0 Å². The number of nitrogens with two attached hydrogens (primary N) is 1. The monoisotopic (exact) mass is 294 g/mol. The van der Waals surface area contributed by atoms with E-state index in [-0.39, 0.29) is 5.41 Å². The van der Waals surface area contributed by atoms with Crippen molar-refractivity contribution >= 4 is 12.1 Å². The maximum Gasteiger partial charge on any atom is 0.171 e. The summed E-state index contributed by atoms with van der Waals surface area (Å²) in [7, 11) is 0. The minimum Gasteiger partial charge on any atom is -0.380 e. The molecule has 0 radical (unpaired) electrons. The van der Waals surface area contributed by atoms with Gasteiger partial charge in [0.1, 0.15) is 5.69 Å². The van der Waals surface area contributed by atoms with E-state index in [0.29, 0.717) is 11.5 Å². The Labute approximate surface area is 131 Å². The topological polar surface area (TPSA) is 63.6 Å². The summed E-state index contributed by atoms with van der Waals surface area (Å²) < 4.78 is 0. The van der Waals surface area contributed by atoms with Crippen LogP contribution in [0.3, 0.4) is 0 Å². The van der Waals surface area contributed by atoms with Gasteiger partial charge in [-0.3, -0.25) is 4.98 Å². The van der Waals surface area contributed by atoms with Gasteiger partial charge in [-0.05, 0) is 35.1 Å². The van der Waals surface area contributed by atoms with E-state index < -0.39 is 0 Å². The molecular weight excluding hydrogens is 272 g/mol. The first-order valence-electron chi connectivity index (χ1n) is 7.41. The molecule has 0 unspecified atom stereocenters. The molecule has 0 amide bonds. The first-order chi connectivity index (χ1) is 10.5. The van der Waals surface area contributed by atoms with Crippen LogP contribution >= 0.6 is 0 Å². The molecule has 4 nitrogen and oxygen atoms in total. The number of benzene rings is 1. The van der Waals surface area contributed by atoms with Gasteiger partial charge >= 0.3 is 0 Å². The van der Waals surface area contributed by atoms with Crippen LogP contribution in [-0.4, -0.2) is 17.0 Å². The fourth-order valence-corrected chi connectivity index (χ4v) is 1.95. The predicted octanol–water partition coefficient (Wildman–Crippen LogP) is 3.51. The second kappa shape index (κ2) is 6.98. The quantitative estimate of drug-likeness (QED) is 0.521. The third-order valence-corrected chi connectivity index (χ3v) is 3.88. The van der Waals surface area contributed by atoms with E-state index in [1.807, 2.05) is 24.3 Å². The van der Waals surface area contributed by atoms with Gasteiger partial charge in [-0.1, -0.05) is 51.1 Å². The summed E-state index contributed by atoms with van der Waals surface area (Å²) in [5.41, 5.74) is 8.97. The van der Waals surface area contributed by atoms with Crippen molar-refractivity contribution in [3.8, 4) is 0 Å². The van der Waals surface area contributed by atoms with Crippen LogP contribution in [0.15, 0.2) is 58.9 Å². The van der Waals surface area contributed by atoms with Crippen LogP contribution in [0.2, 0.25) is 0 Å². The van der Waals surface area contributed by atoms with Crippen molar-refractivity contribution in [1.29, 1.82) is 0 Å². The number of nitrogens with zero attached hydrogens (tertiary/aromatic N) is 3. The average molecular weight is 294 g/mol. The number of aromatic nitrogens is 1. The lowest BCUT2D eigenvalue weighted by molar-refractivity contribution is 0.506. The Morgan fingerprint density at radius 1 is 1.18 bits per heavy atom. The van der Waals surface area contributed by atoms with E-state index in [1.165, 1.54) is 5.56 Å². The van der Waals surface area contributed by atoms with Crippen molar-refractivity contribution in [2.45, 2.75) is 32.6 Å². The van der Waals surface area contributed by atoms with Gasteiger partial charge in [-0.25, -0.2) is 0 Å². The average Bonchev–Trinajstić information content (AvgIpc) is 2.56. The largest absolute Gasteiger partial charge is 0.380 e. The van der Waals surface area contributed by atoms with Crippen LogP contribution in [0.25, 0.3) is 0 Å². The molecular formula is C18H22N4. The van der Waals surface area contributed by atoms with Crippen molar-refractivity contribution in [2.75, 3.05) is 0 Å². The predicted molar refractivity (Wildman–Crippen MR) is 92.3 cm³/mol. The normalized spacial score (nSPS) is 12.8. The molecule has 0 aliphatic carbocycles. The van der Waals surface area contributed by atoms with Gasteiger partial charge in [0.15, 0.2) is 5.84 Å². The summed E-state index contributed by atoms with van der Waals surface area (Å²) in [5, 5.41) is 8.01. The second-order valence-corrected chi connectivity index (χ2v) is 5.80. The van der Waals surface area contributed by atoms with Gasteiger partial charge in [-0.2, -0.15) is 5.10 Å². The summed E-state index contributed by atoms with van der Waals surface area (Å²) in [6, 6.07) is 13.9. The zero-order valence-electron chi connectivity index (χ0n) is 13.3. The van der Waals surface area contributed by atoms with Gasteiger partial charge < -0.3 is 5.73 Å². The molecule has 0 saturated heterocycles. The fourth-order valence-electron chi connectivity index (χ4n) is 1.95. The lowest BCUT2D eigenvalue weighted by Crippen LogP contribution is -2.15. The zero-order valence-corrected chi connectivity index (χ0v) is 13.3. The lowest BCUT2D eigenvalue weighted by atomic mass is 9.82. The van der Waals surface area contributed by atoms with E-state index >= 15 is 0 Å². The zero-order chi connectivity index (χ0) is 16.0. The van der Waals surface area contributed by atoms with Crippen molar-refractivity contribution in [1.82, 2.24) is 4.98 Å². The van der Waals surface area contributed by atoms with E-state index in [2.05, 4.69) is 48.1 Å². The summed E-state index contributed by atoms with van der Waals surface area (Å²) in [6.45, 7) is 6.69. The highest BCUT2D eigenvalue weighted by atomic mass is 15.2. The van der Waals surface area contributed by atoms with Crippen LogP contribution in [-0.2, 0) is 5.41 Å². The van der Waals surface area contributed by atoms with Crippen LogP contribution in [0.1, 0.15) is 44.0 Å². The first-order valence-corrected chi connectivity index (χ1v) is 7.41. The highest BCUT2D eigenvalue weighted by molar-refractivity contribution is 5.95. The molecule has 22 heavy (non-hydrogen) atoms. The Balaban J connectivity index is 2.08. The minimum atomic E-state index is 0.192. The van der Waals surface area contributed by atoms with Crippen LogP contribution in [0, 0.1) is 0 Å². The molecule has 1 aromatic carbocycles. The maximum absolute atomic E-state index is 5.83. The number of amidine groups is 1. The van der Waals surface area contributed by atoms with Gasteiger partial charge in [-0.15, -0.1) is 5.10 Å². The number of pyridine rings is 1. The molecule has 2 aromatic rings. The van der Waals surface area contributed by atoms with Crippen LogP contribution in [0.5, 0.6) is 0 Å². The molecule has 2 N–H and O–H groups in total. The minimum absolute atomic E-state index is 0.192. The molecule has 0 spiro atoms. The SMILES string of the molecule is CCC(C)(C)c1ccc(C=NN=C(N)c2ccccn2)cc1. The standard InChI is InChI=1S/C18H22N4/c1-4-18(2,3)15-10-8-14(9-11-15)13-21-22-17(19)16-7-5-6-12-20-16/h5-13H,4H2,1-3H3,(H2,19,22). The molecule has 0 aliphatic heterocycles. The molecule has 1 heterocycles. The Morgan fingerprint density at radius 2 is 1.91 bits per heavy atom. The summed E-state index contributed by atoms with van der Waals surface area (Å²) in [5.74, 6) is 0.306. The van der Waals surface area contributed by atoms with E-state index in [1.54, 1.807) is 18.5 Å². The van der Waals surface area contributed by atoms with Crippen molar-refractivity contribution in [2.24, 2.45) is 15.9 Å². The summed E-state index contributed by atoms with van der Waals surface area (Å²) >= 11 is 0. The molecule has 4 heteroatoms. The number of rotatable bonds is 5. The molecule has 1 aromatic heterocycles. The molecule has 0 saturated carbocycles. The third kappa shape index (κ3) is 4.01. The summed E-state index contributed by atoms with van der Waals surface area (Å²) in [4.78, 5) is 4.12. The highest BCUT2D eigenvalue weighted by Gasteiger charge is 2.17. The molecule has 2 rings (SSSR count). The van der Waals surface area contributed by atoms with Crippen LogP contribution in [0.4, 0.5) is 0 Å². The van der Waals surface area contributed by atoms with E-state index in [0.717, 1.165) is 12.0 Å². The number of hydrogen-bond donors (Lipinski definition) is 1. The third-order valence-electron chi connectivity index (χ3n) is 3.88. The van der Waals surface area contributed by atoms with Crippen molar-refractivity contribution in [3.63, 3.8) is 0 Å². The highest BCUT2D eigenvalue weighted by Crippen LogP contribution is 2.26. The Hall–Kier alpha value is -2.49. The Bertz CT molecular complexity index is 655. The van der Waals surface area contributed by atoms with Crippen molar-refractivity contribution < 1.29 is 0 Å². The van der Waals surface area contributed by atoms with Gasteiger partial charge in [0, 0.05) is 6.20 Å². The smallest absolute Gasteiger partial charge is 0.171 e. The maximum atomic E-state index is 5.83. The first kappa shape index (κ1) is 15.9. The molecule has 0 atom stereocenters. The van der Waals surface area contributed by atoms with E-state index in [4.69, 9.17) is 5.73 Å². The molecule has 0 bridgehead atoms. The molecule has 114 valence electrons. The fraction of sp³-hybridized carbons (Fsp3) is 0.278. The Morgan fingerprint density at radius 3 is 2.50 bits per heavy atom. The Kier molecular flexibility index (Phi) is 5.04. The number of hydrogen-bond acceptors (Lipinski definition) is 3. The van der Waals surface area contributed by atoms with Gasteiger partial charge in [0.05, 0.1) is 6.21 Å². The lowest BCUT2D eigenvalue weighted by Gasteiger charge is -2.23. The van der Waals surface area contributed by atoms with Crippen LogP contribution < -0.4 is 5.73 Å².